The number of methoxy groups -OCH3 is 1. The summed E-state index contributed by atoms with van der Waals surface area (Å²) in [5.41, 5.74) is 0.257. The Bertz CT molecular complexity index is 293. The van der Waals surface area contributed by atoms with Crippen molar-refractivity contribution in [3.05, 3.63) is 23.5 Å². The van der Waals surface area contributed by atoms with E-state index in [-0.39, 0.29) is 5.69 Å². The van der Waals surface area contributed by atoms with Gasteiger partial charge in [-0.25, -0.2) is 8.78 Å². The van der Waals surface area contributed by atoms with Crippen LogP contribution in [0.25, 0.3) is 0 Å². The molecule has 0 aromatic carbocycles. The fraction of sp³-hybridized carbons (Fsp3) is 0.375. The number of pyridine rings is 1. The van der Waals surface area contributed by atoms with Crippen LogP contribution < -0.4 is 4.74 Å². The number of nitrogens with zero attached hydrogens (tertiary/aromatic N) is 1. The molecule has 1 heterocycles. The molecule has 72 valence electrons. The van der Waals surface area contributed by atoms with Gasteiger partial charge in [0, 0.05) is 5.33 Å². The third kappa shape index (κ3) is 2.37. The van der Waals surface area contributed by atoms with E-state index in [4.69, 9.17) is 4.74 Å². The van der Waals surface area contributed by atoms with Gasteiger partial charge in [0.05, 0.1) is 13.3 Å². The van der Waals surface area contributed by atoms with Crippen molar-refractivity contribution in [2.75, 3.05) is 7.11 Å². The van der Waals surface area contributed by atoms with E-state index in [1.807, 2.05) is 0 Å². The molecule has 0 aliphatic rings. The lowest BCUT2D eigenvalue weighted by molar-refractivity contribution is 0.145. The lowest BCUT2D eigenvalue weighted by Crippen LogP contribution is -1.97. The van der Waals surface area contributed by atoms with Gasteiger partial charge in [-0.15, -0.1) is 0 Å². The maximum atomic E-state index is 12.3. The molecule has 2 nitrogen and oxygen atoms in total. The van der Waals surface area contributed by atoms with Crippen LogP contribution in [0.5, 0.6) is 5.75 Å². The second kappa shape index (κ2) is 4.50. The highest BCUT2D eigenvalue weighted by atomic mass is 79.9. The summed E-state index contributed by atoms with van der Waals surface area (Å²) in [7, 11) is 1.47. The molecule has 0 saturated carbocycles. The highest BCUT2D eigenvalue weighted by Crippen LogP contribution is 2.25. The summed E-state index contributed by atoms with van der Waals surface area (Å²) < 4.78 is 29.5. The van der Waals surface area contributed by atoms with Crippen LogP contribution in [0.4, 0.5) is 8.78 Å². The summed E-state index contributed by atoms with van der Waals surface area (Å²) in [4.78, 5) is 3.61. The van der Waals surface area contributed by atoms with Gasteiger partial charge in [0.25, 0.3) is 6.43 Å². The fourth-order valence-electron chi connectivity index (χ4n) is 0.914. The lowest BCUT2D eigenvalue weighted by atomic mass is 10.2. The summed E-state index contributed by atoms with van der Waals surface area (Å²) >= 11 is 3.11. The number of aromatic nitrogens is 1. The monoisotopic (exact) mass is 251 g/mol. The second-order valence-electron chi connectivity index (χ2n) is 2.35. The zero-order valence-corrected chi connectivity index (χ0v) is 8.51. The Morgan fingerprint density at radius 3 is 2.77 bits per heavy atom. The number of halogens is 3. The van der Waals surface area contributed by atoms with Gasteiger partial charge in [0.2, 0.25) is 0 Å². The van der Waals surface area contributed by atoms with Crippen molar-refractivity contribution in [3.8, 4) is 5.75 Å². The van der Waals surface area contributed by atoms with Gasteiger partial charge in [-0.05, 0) is 11.6 Å². The molecule has 1 aromatic rings. The fourth-order valence-corrected chi connectivity index (χ4v) is 1.36. The minimum absolute atomic E-state index is 0.197. The largest absolute Gasteiger partial charge is 0.495 e. The maximum Gasteiger partial charge on any atom is 0.280 e. The maximum absolute atomic E-state index is 12.3. The molecule has 0 radical (unpaired) electrons. The molecule has 0 bridgehead atoms. The molecule has 0 fully saturated rings. The lowest BCUT2D eigenvalue weighted by Gasteiger charge is -2.06. The zero-order chi connectivity index (χ0) is 9.84. The topological polar surface area (TPSA) is 22.1 Å². The molecule has 1 aromatic heterocycles. The van der Waals surface area contributed by atoms with E-state index in [9.17, 15) is 8.78 Å². The number of rotatable bonds is 3. The highest BCUT2D eigenvalue weighted by Gasteiger charge is 2.14. The van der Waals surface area contributed by atoms with E-state index >= 15 is 0 Å². The van der Waals surface area contributed by atoms with Crippen molar-refractivity contribution < 1.29 is 13.5 Å². The van der Waals surface area contributed by atoms with Crippen molar-refractivity contribution in [2.45, 2.75) is 11.8 Å². The van der Waals surface area contributed by atoms with Crippen LogP contribution in [0.3, 0.4) is 0 Å². The van der Waals surface area contributed by atoms with Crippen LogP contribution in [0.1, 0.15) is 17.7 Å². The van der Waals surface area contributed by atoms with Gasteiger partial charge in [0.1, 0.15) is 11.4 Å². The van der Waals surface area contributed by atoms with Crippen LogP contribution in [-0.2, 0) is 5.33 Å². The zero-order valence-electron chi connectivity index (χ0n) is 6.93. The van der Waals surface area contributed by atoms with Crippen LogP contribution >= 0.6 is 15.9 Å². The molecule has 1 rings (SSSR count). The quantitative estimate of drug-likeness (QED) is 0.771. The van der Waals surface area contributed by atoms with Crippen molar-refractivity contribution in [1.82, 2.24) is 4.98 Å². The number of hydrogen-bond acceptors (Lipinski definition) is 2. The van der Waals surface area contributed by atoms with E-state index < -0.39 is 6.43 Å². The molecular formula is C8H8BrF2NO. The van der Waals surface area contributed by atoms with E-state index in [1.54, 1.807) is 6.07 Å². The van der Waals surface area contributed by atoms with Crippen molar-refractivity contribution in [3.63, 3.8) is 0 Å². The van der Waals surface area contributed by atoms with Crippen LogP contribution in [-0.4, -0.2) is 12.1 Å². The van der Waals surface area contributed by atoms with Crippen LogP contribution in [0, 0.1) is 0 Å². The van der Waals surface area contributed by atoms with Crippen molar-refractivity contribution >= 4 is 15.9 Å². The molecule has 0 saturated heterocycles. The van der Waals surface area contributed by atoms with E-state index in [2.05, 4.69) is 20.9 Å². The number of hydrogen-bond donors (Lipinski definition) is 0. The van der Waals surface area contributed by atoms with E-state index in [1.165, 1.54) is 13.3 Å². The molecule has 5 heteroatoms. The molecule has 0 aliphatic heterocycles. The van der Waals surface area contributed by atoms with Gasteiger partial charge in [0.15, 0.2) is 0 Å². The molecule has 0 spiro atoms. The Labute approximate surface area is 83.1 Å². The minimum Gasteiger partial charge on any atom is -0.495 e. The first-order chi connectivity index (χ1) is 6.19. The Morgan fingerprint density at radius 1 is 1.62 bits per heavy atom. The van der Waals surface area contributed by atoms with Gasteiger partial charge in [-0.3, -0.25) is 4.98 Å². The Balaban J connectivity index is 3.08. The molecule has 0 atom stereocenters. The van der Waals surface area contributed by atoms with Crippen molar-refractivity contribution in [1.29, 1.82) is 0 Å². The predicted molar refractivity (Wildman–Crippen MR) is 48.4 cm³/mol. The van der Waals surface area contributed by atoms with Gasteiger partial charge in [-0.1, -0.05) is 15.9 Å². The third-order valence-corrected chi connectivity index (χ3v) is 2.17. The van der Waals surface area contributed by atoms with E-state index in [0.29, 0.717) is 16.6 Å². The molecule has 0 aliphatic carbocycles. The summed E-state index contributed by atoms with van der Waals surface area (Å²) in [6.45, 7) is 0. The summed E-state index contributed by atoms with van der Waals surface area (Å²) in [6, 6.07) is 1.54. The van der Waals surface area contributed by atoms with Crippen LogP contribution in [0.2, 0.25) is 0 Å². The first-order valence-corrected chi connectivity index (χ1v) is 4.68. The summed E-state index contributed by atoms with van der Waals surface area (Å²) in [5, 5.41) is 0.344. The Hall–Kier alpha value is -0.710. The summed E-state index contributed by atoms with van der Waals surface area (Å²) in [5.74, 6) is 0.485. The predicted octanol–water partition coefficient (Wildman–Crippen LogP) is 2.92. The average Bonchev–Trinajstić information content (AvgIpc) is 2.16. The summed E-state index contributed by atoms with van der Waals surface area (Å²) in [6.07, 6.45) is -1.26. The molecular weight excluding hydrogens is 244 g/mol. The molecule has 0 amide bonds. The first kappa shape index (κ1) is 10.4. The number of ether oxygens (including phenoxy) is 1. The molecule has 0 N–H and O–H groups in total. The Kier molecular flexibility index (Phi) is 3.59. The normalized spacial score (nSPS) is 10.5. The smallest absolute Gasteiger partial charge is 0.280 e. The van der Waals surface area contributed by atoms with Crippen molar-refractivity contribution in [2.24, 2.45) is 0 Å². The third-order valence-electron chi connectivity index (χ3n) is 1.56. The molecule has 0 unspecified atom stereocenters. The standard InChI is InChI=1S/C8H8BrF2NO/c1-13-6-2-5(3-9)7(8(10)11)12-4-6/h2,4,8H,3H2,1H3. The highest BCUT2D eigenvalue weighted by molar-refractivity contribution is 9.08. The van der Waals surface area contributed by atoms with Gasteiger partial charge < -0.3 is 4.74 Å². The minimum atomic E-state index is -2.54. The van der Waals surface area contributed by atoms with Gasteiger partial charge >= 0.3 is 0 Å². The van der Waals surface area contributed by atoms with Crippen LogP contribution in [0.15, 0.2) is 12.3 Å². The molecule has 13 heavy (non-hydrogen) atoms. The first-order valence-electron chi connectivity index (χ1n) is 3.56. The average molecular weight is 252 g/mol. The Morgan fingerprint density at radius 2 is 2.31 bits per heavy atom. The van der Waals surface area contributed by atoms with Gasteiger partial charge in [-0.2, -0.15) is 0 Å². The number of alkyl halides is 3. The van der Waals surface area contributed by atoms with E-state index in [0.717, 1.165) is 0 Å². The second-order valence-corrected chi connectivity index (χ2v) is 2.91. The SMILES string of the molecule is COc1cnc(C(F)F)c(CBr)c1.